The van der Waals surface area contributed by atoms with Crippen LogP contribution in [0.3, 0.4) is 0 Å². The van der Waals surface area contributed by atoms with Gasteiger partial charge in [-0.15, -0.1) is 0 Å². The minimum absolute atomic E-state index is 0.0574. The molecule has 0 atom stereocenters. The maximum absolute atomic E-state index is 13.2. The molecule has 2 aliphatic heterocycles. The lowest BCUT2D eigenvalue weighted by Crippen LogP contribution is -2.44. The van der Waals surface area contributed by atoms with Crippen LogP contribution in [0.25, 0.3) is 0 Å². The van der Waals surface area contributed by atoms with E-state index in [9.17, 15) is 18.0 Å². The number of piperidine rings is 1. The zero-order valence-corrected chi connectivity index (χ0v) is 18.1. The predicted octanol–water partition coefficient (Wildman–Crippen LogP) is 1.89. The van der Waals surface area contributed by atoms with Gasteiger partial charge in [0.2, 0.25) is 21.8 Å². The van der Waals surface area contributed by atoms with Crippen LogP contribution in [0.4, 0.5) is 5.69 Å². The zero-order valence-electron chi connectivity index (χ0n) is 17.3. The number of amides is 2. The van der Waals surface area contributed by atoms with Gasteiger partial charge in [-0.2, -0.15) is 4.31 Å². The van der Waals surface area contributed by atoms with Gasteiger partial charge in [-0.05, 0) is 43.9 Å². The number of hydrogen-bond donors (Lipinski definition) is 1. The molecule has 164 valence electrons. The second-order valence-corrected chi connectivity index (χ2v) is 10.3. The number of ether oxygens (including phenoxy) is 1. The zero-order chi connectivity index (χ0) is 21.3. The molecule has 1 aromatic carbocycles. The van der Waals surface area contributed by atoms with E-state index in [4.69, 9.17) is 4.74 Å². The highest BCUT2D eigenvalue weighted by Gasteiger charge is 2.34. The van der Waals surface area contributed by atoms with Crippen LogP contribution in [0.2, 0.25) is 0 Å². The molecule has 9 heteroatoms. The molecular formula is C21H29N3O5S. The van der Waals surface area contributed by atoms with E-state index in [0.717, 1.165) is 25.7 Å². The van der Waals surface area contributed by atoms with Crippen molar-refractivity contribution in [3.63, 3.8) is 0 Å². The Morgan fingerprint density at radius 1 is 1.07 bits per heavy atom. The number of anilines is 1. The summed E-state index contributed by atoms with van der Waals surface area (Å²) in [4.78, 5) is 26.1. The molecule has 4 rings (SSSR count). The maximum Gasteiger partial charge on any atom is 0.243 e. The first-order valence-corrected chi connectivity index (χ1v) is 12.2. The third-order valence-corrected chi connectivity index (χ3v) is 8.23. The maximum atomic E-state index is 13.2. The van der Waals surface area contributed by atoms with Crippen molar-refractivity contribution in [3.05, 3.63) is 18.2 Å². The quantitative estimate of drug-likeness (QED) is 0.779. The van der Waals surface area contributed by atoms with E-state index in [1.807, 2.05) is 0 Å². The van der Waals surface area contributed by atoms with Crippen molar-refractivity contribution in [1.29, 1.82) is 0 Å². The first-order chi connectivity index (χ1) is 14.4. The van der Waals surface area contributed by atoms with Gasteiger partial charge in [0.25, 0.3) is 0 Å². The van der Waals surface area contributed by atoms with E-state index in [1.54, 1.807) is 6.07 Å². The van der Waals surface area contributed by atoms with Gasteiger partial charge in [0.1, 0.15) is 12.4 Å². The second-order valence-electron chi connectivity index (χ2n) is 8.32. The average molecular weight is 436 g/mol. The Morgan fingerprint density at radius 3 is 2.43 bits per heavy atom. The van der Waals surface area contributed by atoms with Crippen LogP contribution in [0.1, 0.15) is 45.4 Å². The molecule has 8 nitrogen and oxygen atoms in total. The van der Waals surface area contributed by atoms with E-state index < -0.39 is 10.0 Å². The first kappa shape index (κ1) is 21.1. The number of rotatable bonds is 4. The number of carbonyl (C=O) groups is 2. The molecule has 1 aromatic rings. The molecule has 0 aromatic heterocycles. The molecule has 1 aliphatic carbocycles. The SMILES string of the molecule is CC(=O)N1CCOc2ccc(S(=O)(=O)N3CCC(C(=O)NC4CCCC4)CC3)cc21. The Hall–Kier alpha value is -2.13. The van der Waals surface area contributed by atoms with Crippen molar-refractivity contribution in [2.75, 3.05) is 31.1 Å². The lowest BCUT2D eigenvalue weighted by Gasteiger charge is -2.32. The van der Waals surface area contributed by atoms with Crippen LogP contribution in [-0.4, -0.2) is 56.8 Å². The summed E-state index contributed by atoms with van der Waals surface area (Å²) in [5, 5.41) is 3.13. The van der Waals surface area contributed by atoms with E-state index in [1.165, 1.54) is 28.3 Å². The summed E-state index contributed by atoms with van der Waals surface area (Å²) >= 11 is 0. The highest BCUT2D eigenvalue weighted by molar-refractivity contribution is 7.89. The third-order valence-electron chi connectivity index (χ3n) is 6.34. The summed E-state index contributed by atoms with van der Waals surface area (Å²) in [6.07, 6.45) is 5.44. The second kappa shape index (κ2) is 8.55. The van der Waals surface area contributed by atoms with Crippen molar-refractivity contribution in [3.8, 4) is 5.75 Å². The van der Waals surface area contributed by atoms with Crippen LogP contribution in [-0.2, 0) is 19.6 Å². The van der Waals surface area contributed by atoms with Gasteiger partial charge in [0.15, 0.2) is 0 Å². The molecule has 2 fully saturated rings. The highest BCUT2D eigenvalue weighted by atomic mass is 32.2. The number of nitrogens with one attached hydrogen (secondary N) is 1. The van der Waals surface area contributed by atoms with Crippen LogP contribution >= 0.6 is 0 Å². The van der Waals surface area contributed by atoms with Gasteiger partial charge in [-0.3, -0.25) is 9.59 Å². The minimum atomic E-state index is -3.71. The van der Waals surface area contributed by atoms with Crippen molar-refractivity contribution in [1.82, 2.24) is 9.62 Å². The molecule has 0 radical (unpaired) electrons. The minimum Gasteiger partial charge on any atom is -0.490 e. The summed E-state index contributed by atoms with van der Waals surface area (Å²) in [7, 11) is -3.71. The smallest absolute Gasteiger partial charge is 0.243 e. The Morgan fingerprint density at radius 2 is 1.77 bits per heavy atom. The standard InChI is InChI=1S/C21H29N3O5S/c1-15(25)24-12-13-29-20-7-6-18(14-19(20)24)30(27,28)23-10-8-16(9-11-23)21(26)22-17-4-2-3-5-17/h6-7,14,16-17H,2-5,8-13H2,1H3,(H,22,26). The number of fused-ring (bicyclic) bond motifs is 1. The summed E-state index contributed by atoms with van der Waals surface area (Å²) in [5.41, 5.74) is 0.487. The number of benzene rings is 1. The Balaban J connectivity index is 1.44. The first-order valence-electron chi connectivity index (χ1n) is 10.7. The van der Waals surface area contributed by atoms with Gasteiger partial charge in [0.05, 0.1) is 17.1 Å². The Labute approximate surface area is 177 Å². The summed E-state index contributed by atoms with van der Waals surface area (Å²) in [5.74, 6) is 0.282. The van der Waals surface area contributed by atoms with Crippen LogP contribution in [0.5, 0.6) is 5.75 Å². The molecule has 0 spiro atoms. The molecule has 2 heterocycles. The lowest BCUT2D eigenvalue weighted by molar-refractivity contribution is -0.126. The number of sulfonamides is 1. The molecule has 30 heavy (non-hydrogen) atoms. The Kier molecular flexibility index (Phi) is 6.02. The van der Waals surface area contributed by atoms with Crippen LogP contribution in [0, 0.1) is 5.92 Å². The van der Waals surface area contributed by atoms with E-state index in [2.05, 4.69) is 5.32 Å². The third kappa shape index (κ3) is 4.18. The summed E-state index contributed by atoms with van der Waals surface area (Å²) < 4.78 is 33.4. The molecular weight excluding hydrogens is 406 g/mol. The monoisotopic (exact) mass is 435 g/mol. The van der Waals surface area contributed by atoms with Crippen molar-refractivity contribution in [2.45, 2.75) is 56.4 Å². The fraction of sp³-hybridized carbons (Fsp3) is 0.619. The highest BCUT2D eigenvalue weighted by Crippen LogP contribution is 2.35. The van der Waals surface area contributed by atoms with Crippen LogP contribution in [0.15, 0.2) is 23.1 Å². The lowest BCUT2D eigenvalue weighted by atomic mass is 9.97. The molecule has 1 saturated carbocycles. The van der Waals surface area contributed by atoms with E-state index >= 15 is 0 Å². The Bertz CT molecular complexity index is 919. The van der Waals surface area contributed by atoms with Crippen molar-refractivity contribution >= 4 is 27.5 Å². The van der Waals surface area contributed by atoms with E-state index in [0.29, 0.717) is 50.5 Å². The average Bonchev–Trinajstić information content (AvgIpc) is 3.26. The van der Waals surface area contributed by atoms with Gasteiger partial charge in [-0.25, -0.2) is 8.42 Å². The number of hydrogen-bond acceptors (Lipinski definition) is 5. The molecule has 0 unspecified atom stereocenters. The van der Waals surface area contributed by atoms with Crippen molar-refractivity contribution in [2.24, 2.45) is 5.92 Å². The van der Waals surface area contributed by atoms with E-state index in [-0.39, 0.29) is 28.7 Å². The topological polar surface area (TPSA) is 96.0 Å². The predicted molar refractivity (Wildman–Crippen MR) is 112 cm³/mol. The van der Waals surface area contributed by atoms with Gasteiger partial charge in [-0.1, -0.05) is 12.8 Å². The summed E-state index contributed by atoms with van der Waals surface area (Å²) in [6.45, 7) is 2.87. The normalized spacial score (nSPS) is 21.2. The molecule has 1 N–H and O–H groups in total. The number of carbonyl (C=O) groups excluding carboxylic acids is 2. The summed E-state index contributed by atoms with van der Waals surface area (Å²) in [6, 6.07) is 4.93. The van der Waals surface area contributed by atoms with Crippen molar-refractivity contribution < 1.29 is 22.7 Å². The molecule has 0 bridgehead atoms. The van der Waals surface area contributed by atoms with Crippen LogP contribution < -0.4 is 15.0 Å². The molecule has 3 aliphatic rings. The largest absolute Gasteiger partial charge is 0.490 e. The van der Waals surface area contributed by atoms with Gasteiger partial charge < -0.3 is 15.0 Å². The molecule has 1 saturated heterocycles. The fourth-order valence-corrected chi connectivity index (χ4v) is 6.07. The van der Waals surface area contributed by atoms with Gasteiger partial charge in [0, 0.05) is 32.0 Å². The fourth-order valence-electron chi connectivity index (χ4n) is 4.58. The van der Waals surface area contributed by atoms with Gasteiger partial charge >= 0.3 is 0 Å². The molecule has 2 amide bonds. The number of nitrogens with zero attached hydrogens (tertiary/aromatic N) is 2.